The SMILES string of the molecule is O=Cc1ccn(Cc2cc(Cl)ccc2F)c1. The zero-order valence-electron chi connectivity index (χ0n) is 8.36. The molecule has 0 aliphatic carbocycles. The molecule has 0 radical (unpaired) electrons. The van der Waals surface area contributed by atoms with Crippen LogP contribution in [0.15, 0.2) is 36.7 Å². The molecule has 0 unspecified atom stereocenters. The number of halogens is 2. The van der Waals surface area contributed by atoms with Crippen molar-refractivity contribution >= 4 is 17.9 Å². The van der Waals surface area contributed by atoms with Gasteiger partial charge in [-0.1, -0.05) is 11.6 Å². The van der Waals surface area contributed by atoms with Crippen LogP contribution in [0.1, 0.15) is 15.9 Å². The average Bonchev–Trinajstić information content (AvgIpc) is 2.71. The lowest BCUT2D eigenvalue weighted by atomic mass is 10.2. The van der Waals surface area contributed by atoms with Crippen molar-refractivity contribution in [2.75, 3.05) is 0 Å². The monoisotopic (exact) mass is 237 g/mol. The first-order valence-electron chi connectivity index (χ1n) is 4.74. The Balaban J connectivity index is 2.26. The van der Waals surface area contributed by atoms with Crippen molar-refractivity contribution in [2.45, 2.75) is 6.54 Å². The summed E-state index contributed by atoms with van der Waals surface area (Å²) in [7, 11) is 0. The molecule has 0 N–H and O–H groups in total. The highest BCUT2D eigenvalue weighted by Gasteiger charge is 2.04. The lowest BCUT2D eigenvalue weighted by Crippen LogP contribution is -1.99. The van der Waals surface area contributed by atoms with Crippen LogP contribution in [0.3, 0.4) is 0 Å². The Hall–Kier alpha value is -1.61. The van der Waals surface area contributed by atoms with Crippen molar-refractivity contribution in [1.82, 2.24) is 4.57 Å². The van der Waals surface area contributed by atoms with Crippen molar-refractivity contribution in [2.24, 2.45) is 0 Å². The number of hydrogen-bond donors (Lipinski definition) is 0. The first kappa shape index (κ1) is 10.9. The first-order chi connectivity index (χ1) is 7.69. The Kier molecular flexibility index (Phi) is 3.06. The molecule has 0 bridgehead atoms. The summed E-state index contributed by atoms with van der Waals surface area (Å²) in [5.74, 6) is -0.300. The maximum Gasteiger partial charge on any atom is 0.151 e. The minimum Gasteiger partial charge on any atom is -0.349 e. The van der Waals surface area contributed by atoms with Crippen LogP contribution in [-0.2, 0) is 6.54 Å². The van der Waals surface area contributed by atoms with Gasteiger partial charge >= 0.3 is 0 Å². The maximum atomic E-state index is 13.4. The summed E-state index contributed by atoms with van der Waals surface area (Å²) in [4.78, 5) is 10.5. The fraction of sp³-hybridized carbons (Fsp3) is 0.0833. The van der Waals surface area contributed by atoms with Gasteiger partial charge in [-0.2, -0.15) is 0 Å². The number of rotatable bonds is 3. The molecular weight excluding hydrogens is 229 g/mol. The van der Waals surface area contributed by atoms with E-state index in [-0.39, 0.29) is 5.82 Å². The molecule has 1 aromatic heterocycles. The lowest BCUT2D eigenvalue weighted by molar-refractivity contribution is 0.112. The third-order valence-electron chi connectivity index (χ3n) is 2.27. The largest absolute Gasteiger partial charge is 0.349 e. The van der Waals surface area contributed by atoms with Gasteiger partial charge in [0.2, 0.25) is 0 Å². The third-order valence-corrected chi connectivity index (χ3v) is 2.51. The molecule has 2 aromatic rings. The average molecular weight is 238 g/mol. The fourth-order valence-electron chi connectivity index (χ4n) is 1.49. The fourth-order valence-corrected chi connectivity index (χ4v) is 1.68. The molecule has 0 saturated heterocycles. The highest BCUT2D eigenvalue weighted by Crippen LogP contribution is 2.16. The van der Waals surface area contributed by atoms with Crippen LogP contribution < -0.4 is 0 Å². The minimum absolute atomic E-state index is 0.300. The van der Waals surface area contributed by atoms with Gasteiger partial charge in [0, 0.05) is 35.1 Å². The molecule has 0 amide bonds. The molecule has 4 heteroatoms. The van der Waals surface area contributed by atoms with Gasteiger partial charge < -0.3 is 4.57 Å². The van der Waals surface area contributed by atoms with Gasteiger partial charge in [-0.05, 0) is 24.3 Å². The molecule has 0 atom stereocenters. The van der Waals surface area contributed by atoms with E-state index in [1.165, 1.54) is 12.1 Å². The van der Waals surface area contributed by atoms with Crippen LogP contribution in [0, 0.1) is 5.82 Å². The Morgan fingerprint density at radius 3 is 2.88 bits per heavy atom. The first-order valence-corrected chi connectivity index (χ1v) is 5.12. The van der Waals surface area contributed by atoms with Gasteiger partial charge in [-0.3, -0.25) is 4.79 Å². The van der Waals surface area contributed by atoms with Crippen LogP contribution in [0.25, 0.3) is 0 Å². The summed E-state index contributed by atoms with van der Waals surface area (Å²) < 4.78 is 15.1. The second-order valence-corrected chi connectivity index (χ2v) is 3.91. The molecule has 82 valence electrons. The Labute approximate surface area is 97.3 Å². The highest BCUT2D eigenvalue weighted by molar-refractivity contribution is 6.30. The molecule has 1 heterocycles. The Morgan fingerprint density at radius 1 is 1.38 bits per heavy atom. The number of hydrogen-bond acceptors (Lipinski definition) is 1. The van der Waals surface area contributed by atoms with E-state index in [2.05, 4.69) is 0 Å². The summed E-state index contributed by atoms with van der Waals surface area (Å²) in [6.45, 7) is 0.361. The number of benzene rings is 1. The number of nitrogens with zero attached hydrogens (tertiary/aromatic N) is 1. The summed E-state index contributed by atoms with van der Waals surface area (Å²) in [6.07, 6.45) is 4.14. The van der Waals surface area contributed by atoms with Crippen molar-refractivity contribution in [1.29, 1.82) is 0 Å². The maximum absolute atomic E-state index is 13.4. The molecular formula is C12H9ClFNO. The standard InChI is InChI=1S/C12H9ClFNO/c13-11-1-2-12(14)10(5-11)7-15-4-3-9(6-15)8-16/h1-6,8H,7H2. The van der Waals surface area contributed by atoms with Gasteiger partial charge in [-0.25, -0.2) is 4.39 Å². The van der Waals surface area contributed by atoms with Crippen LogP contribution in [0.2, 0.25) is 5.02 Å². The van der Waals surface area contributed by atoms with Gasteiger partial charge in [-0.15, -0.1) is 0 Å². The van der Waals surface area contributed by atoms with Gasteiger partial charge in [0.1, 0.15) is 5.82 Å². The van der Waals surface area contributed by atoms with E-state index in [4.69, 9.17) is 11.6 Å². The Morgan fingerprint density at radius 2 is 2.19 bits per heavy atom. The Bertz CT molecular complexity index is 521. The molecule has 0 fully saturated rings. The van der Waals surface area contributed by atoms with E-state index >= 15 is 0 Å². The van der Waals surface area contributed by atoms with Crippen molar-refractivity contribution in [3.05, 3.63) is 58.6 Å². The summed E-state index contributed by atoms with van der Waals surface area (Å²) in [6, 6.07) is 6.10. The van der Waals surface area contributed by atoms with Crippen LogP contribution >= 0.6 is 11.6 Å². The molecule has 2 rings (SSSR count). The topological polar surface area (TPSA) is 22.0 Å². The van der Waals surface area contributed by atoms with Crippen LogP contribution in [-0.4, -0.2) is 10.9 Å². The molecule has 0 saturated carbocycles. The summed E-state index contributed by atoms with van der Waals surface area (Å²) in [5.41, 5.74) is 1.07. The van der Waals surface area contributed by atoms with Gasteiger partial charge in [0.15, 0.2) is 6.29 Å². The zero-order valence-corrected chi connectivity index (χ0v) is 9.12. The number of carbonyl (C=O) groups is 1. The van der Waals surface area contributed by atoms with E-state index in [9.17, 15) is 9.18 Å². The van der Waals surface area contributed by atoms with Crippen molar-refractivity contribution in [3.8, 4) is 0 Å². The minimum atomic E-state index is -0.300. The van der Waals surface area contributed by atoms with E-state index in [1.54, 1.807) is 29.1 Å². The molecule has 16 heavy (non-hydrogen) atoms. The normalized spacial score (nSPS) is 10.4. The van der Waals surface area contributed by atoms with Crippen LogP contribution in [0.4, 0.5) is 4.39 Å². The lowest BCUT2D eigenvalue weighted by Gasteiger charge is -2.05. The predicted molar refractivity (Wildman–Crippen MR) is 60.3 cm³/mol. The highest BCUT2D eigenvalue weighted by atomic mass is 35.5. The zero-order chi connectivity index (χ0) is 11.5. The number of aldehydes is 1. The molecule has 1 aromatic carbocycles. The number of carbonyl (C=O) groups excluding carboxylic acids is 1. The molecule has 0 aliphatic rings. The predicted octanol–water partition coefficient (Wildman–Crippen LogP) is 3.14. The molecule has 2 nitrogen and oxygen atoms in total. The van der Waals surface area contributed by atoms with E-state index in [0.717, 1.165) is 6.29 Å². The molecule has 0 aliphatic heterocycles. The van der Waals surface area contributed by atoms with Gasteiger partial charge in [0.05, 0.1) is 0 Å². The van der Waals surface area contributed by atoms with Gasteiger partial charge in [0.25, 0.3) is 0 Å². The van der Waals surface area contributed by atoms with E-state index in [1.807, 2.05) is 0 Å². The van der Waals surface area contributed by atoms with Crippen molar-refractivity contribution < 1.29 is 9.18 Å². The smallest absolute Gasteiger partial charge is 0.151 e. The van der Waals surface area contributed by atoms with Crippen molar-refractivity contribution in [3.63, 3.8) is 0 Å². The van der Waals surface area contributed by atoms with E-state index < -0.39 is 0 Å². The second-order valence-electron chi connectivity index (χ2n) is 3.47. The number of aromatic nitrogens is 1. The second kappa shape index (κ2) is 4.49. The third kappa shape index (κ3) is 2.31. The summed E-state index contributed by atoms with van der Waals surface area (Å²) in [5, 5.41) is 0.499. The molecule has 0 spiro atoms. The van der Waals surface area contributed by atoms with Crippen LogP contribution in [0.5, 0.6) is 0 Å². The quantitative estimate of drug-likeness (QED) is 0.752. The van der Waals surface area contributed by atoms with E-state index in [0.29, 0.717) is 22.7 Å². The summed E-state index contributed by atoms with van der Waals surface area (Å²) >= 11 is 5.78.